The molecule has 0 aliphatic carbocycles. The van der Waals surface area contributed by atoms with Crippen molar-refractivity contribution in [1.29, 1.82) is 0 Å². The molecule has 0 aliphatic rings. The maximum Gasteiger partial charge on any atom is 0.424 e. The van der Waals surface area contributed by atoms with E-state index in [1.807, 2.05) is 60.7 Å². The minimum atomic E-state index is -0.678. The fourth-order valence-electron chi connectivity index (χ4n) is 3.26. The highest BCUT2D eigenvalue weighted by molar-refractivity contribution is 5.67. The Morgan fingerprint density at radius 3 is 2.37 bits per heavy atom. The lowest BCUT2D eigenvalue weighted by atomic mass is 9.97. The molecule has 2 atom stereocenters. The largest absolute Gasteiger partial charge is 0.440 e. The van der Waals surface area contributed by atoms with Gasteiger partial charge in [-0.2, -0.15) is 0 Å². The van der Waals surface area contributed by atoms with Crippen LogP contribution in [0.2, 0.25) is 0 Å². The Hall–Kier alpha value is -3.16. The molecule has 158 valence electrons. The van der Waals surface area contributed by atoms with E-state index in [1.165, 1.54) is 6.20 Å². The maximum absolute atomic E-state index is 12.5. The first-order valence-corrected chi connectivity index (χ1v) is 9.98. The molecule has 0 spiro atoms. The standard InChI is InChI=1S/C23H27N3O4/c24-26(23(28)29-17-22-13-14-25-30-22)20(15-19-9-5-2-6-10-19)16-21(27)12-11-18-7-3-1-4-8-18/h1-10,13-14,20-21,27H,11-12,15-17,24H2. The van der Waals surface area contributed by atoms with E-state index >= 15 is 0 Å². The van der Waals surface area contributed by atoms with Crippen molar-refractivity contribution in [3.8, 4) is 0 Å². The number of aliphatic hydroxyl groups excluding tert-OH is 1. The van der Waals surface area contributed by atoms with Crippen LogP contribution < -0.4 is 5.84 Å². The topological polar surface area (TPSA) is 102 Å². The summed E-state index contributed by atoms with van der Waals surface area (Å²) in [6.45, 7) is -0.0544. The molecular weight excluding hydrogens is 382 g/mol. The Balaban J connectivity index is 1.60. The van der Waals surface area contributed by atoms with Gasteiger partial charge in [-0.25, -0.2) is 15.6 Å². The molecule has 7 nitrogen and oxygen atoms in total. The molecule has 1 heterocycles. The summed E-state index contributed by atoms with van der Waals surface area (Å²) in [5.74, 6) is 6.54. The third kappa shape index (κ3) is 6.72. The van der Waals surface area contributed by atoms with E-state index < -0.39 is 18.2 Å². The van der Waals surface area contributed by atoms with Gasteiger partial charge in [0.15, 0.2) is 12.4 Å². The number of ether oxygens (including phenoxy) is 1. The first-order chi connectivity index (χ1) is 14.6. The smallest absolute Gasteiger partial charge is 0.424 e. The lowest BCUT2D eigenvalue weighted by Gasteiger charge is -2.28. The summed E-state index contributed by atoms with van der Waals surface area (Å²) in [7, 11) is 0. The van der Waals surface area contributed by atoms with Gasteiger partial charge in [0.25, 0.3) is 0 Å². The number of aryl methyl sites for hydroxylation is 1. The molecule has 1 aromatic heterocycles. The molecule has 30 heavy (non-hydrogen) atoms. The summed E-state index contributed by atoms with van der Waals surface area (Å²) in [5.41, 5.74) is 2.18. The first kappa shape index (κ1) is 21.5. The molecule has 0 fully saturated rings. The lowest BCUT2D eigenvalue weighted by molar-refractivity contribution is 0.0555. The number of hydrogen-bond acceptors (Lipinski definition) is 6. The second kappa shape index (κ2) is 11.1. The van der Waals surface area contributed by atoms with Crippen LogP contribution in [0.15, 0.2) is 77.4 Å². The molecule has 0 radical (unpaired) electrons. The van der Waals surface area contributed by atoms with Crippen LogP contribution >= 0.6 is 0 Å². The van der Waals surface area contributed by atoms with E-state index in [1.54, 1.807) is 6.07 Å². The highest BCUT2D eigenvalue weighted by atomic mass is 16.6. The number of hydrazine groups is 1. The molecule has 3 N–H and O–H groups in total. The number of aliphatic hydroxyl groups is 1. The predicted octanol–water partition coefficient (Wildman–Crippen LogP) is 3.48. The quantitative estimate of drug-likeness (QED) is 0.302. The zero-order valence-electron chi connectivity index (χ0n) is 16.8. The van der Waals surface area contributed by atoms with Crippen LogP contribution in [0.4, 0.5) is 4.79 Å². The molecule has 0 saturated heterocycles. The van der Waals surface area contributed by atoms with Gasteiger partial charge < -0.3 is 14.4 Å². The lowest BCUT2D eigenvalue weighted by Crippen LogP contribution is -2.48. The van der Waals surface area contributed by atoms with E-state index in [-0.39, 0.29) is 6.61 Å². The van der Waals surface area contributed by atoms with E-state index in [2.05, 4.69) is 5.16 Å². The maximum atomic E-state index is 12.5. The van der Waals surface area contributed by atoms with Crippen LogP contribution in [0.5, 0.6) is 0 Å². The Morgan fingerprint density at radius 2 is 1.73 bits per heavy atom. The van der Waals surface area contributed by atoms with Crippen LogP contribution in [-0.2, 0) is 24.2 Å². The van der Waals surface area contributed by atoms with Crippen molar-refractivity contribution in [2.45, 2.75) is 44.4 Å². The number of amides is 1. The van der Waals surface area contributed by atoms with E-state index in [9.17, 15) is 9.90 Å². The number of nitrogens with zero attached hydrogens (tertiary/aromatic N) is 2. The van der Waals surface area contributed by atoms with Crippen LogP contribution in [0.1, 0.15) is 29.7 Å². The Labute approximate surface area is 176 Å². The van der Waals surface area contributed by atoms with Gasteiger partial charge in [-0.1, -0.05) is 65.8 Å². The van der Waals surface area contributed by atoms with Crippen LogP contribution in [-0.4, -0.2) is 33.5 Å². The SMILES string of the molecule is NN(C(=O)OCc1ccno1)C(Cc1ccccc1)CC(O)CCc1ccccc1. The fraction of sp³-hybridized carbons (Fsp3) is 0.304. The minimum absolute atomic E-state index is 0.0544. The van der Waals surface area contributed by atoms with E-state index in [0.29, 0.717) is 25.0 Å². The van der Waals surface area contributed by atoms with Gasteiger partial charge in [0.1, 0.15) is 0 Å². The molecular formula is C23H27N3O4. The summed E-state index contributed by atoms with van der Waals surface area (Å²) in [6, 6.07) is 20.9. The van der Waals surface area contributed by atoms with Crippen molar-refractivity contribution >= 4 is 6.09 Å². The third-order valence-corrected chi connectivity index (χ3v) is 4.90. The second-order valence-electron chi connectivity index (χ2n) is 7.20. The van der Waals surface area contributed by atoms with Crippen LogP contribution in [0, 0.1) is 0 Å². The number of nitrogens with two attached hydrogens (primary N) is 1. The second-order valence-corrected chi connectivity index (χ2v) is 7.20. The van der Waals surface area contributed by atoms with E-state index in [4.69, 9.17) is 15.1 Å². The number of hydrogen-bond donors (Lipinski definition) is 2. The summed E-state index contributed by atoms with van der Waals surface area (Å²) >= 11 is 0. The summed E-state index contributed by atoms with van der Waals surface area (Å²) in [5, 5.41) is 15.3. The van der Waals surface area contributed by atoms with Gasteiger partial charge >= 0.3 is 6.09 Å². The number of carbonyl (C=O) groups excluding carboxylic acids is 1. The van der Waals surface area contributed by atoms with Crippen molar-refractivity contribution in [3.05, 3.63) is 89.8 Å². The molecule has 3 aromatic rings. The van der Waals surface area contributed by atoms with Crippen molar-refractivity contribution in [1.82, 2.24) is 10.2 Å². The number of carbonyl (C=O) groups is 1. The number of aromatic nitrogens is 1. The zero-order chi connectivity index (χ0) is 21.2. The van der Waals surface area contributed by atoms with Gasteiger partial charge in [0, 0.05) is 6.07 Å². The molecule has 0 bridgehead atoms. The fourth-order valence-corrected chi connectivity index (χ4v) is 3.26. The normalized spacial score (nSPS) is 12.9. The van der Waals surface area contributed by atoms with Gasteiger partial charge in [-0.05, 0) is 36.8 Å². The van der Waals surface area contributed by atoms with Crippen molar-refractivity contribution in [2.75, 3.05) is 0 Å². The average Bonchev–Trinajstić information content (AvgIpc) is 3.30. The van der Waals surface area contributed by atoms with Crippen LogP contribution in [0.25, 0.3) is 0 Å². The Kier molecular flexibility index (Phi) is 8.00. The summed E-state index contributed by atoms with van der Waals surface area (Å²) in [6.07, 6.45) is 2.38. The number of benzene rings is 2. The molecule has 3 rings (SSSR count). The van der Waals surface area contributed by atoms with Crippen molar-refractivity contribution in [3.63, 3.8) is 0 Å². The van der Waals surface area contributed by atoms with Gasteiger partial charge in [0.2, 0.25) is 0 Å². The summed E-state index contributed by atoms with van der Waals surface area (Å²) < 4.78 is 10.2. The highest BCUT2D eigenvalue weighted by Gasteiger charge is 2.25. The monoisotopic (exact) mass is 409 g/mol. The van der Waals surface area contributed by atoms with Gasteiger partial charge in [0.05, 0.1) is 18.3 Å². The van der Waals surface area contributed by atoms with Gasteiger partial charge in [-0.3, -0.25) is 0 Å². The third-order valence-electron chi connectivity index (χ3n) is 4.90. The molecule has 7 heteroatoms. The zero-order valence-corrected chi connectivity index (χ0v) is 16.8. The Morgan fingerprint density at radius 1 is 1.07 bits per heavy atom. The summed E-state index contributed by atoms with van der Waals surface area (Å²) in [4.78, 5) is 12.5. The Bertz CT molecular complexity index is 872. The molecule has 0 saturated carbocycles. The number of rotatable bonds is 10. The highest BCUT2D eigenvalue weighted by Crippen LogP contribution is 2.16. The predicted molar refractivity (Wildman–Crippen MR) is 112 cm³/mol. The average molecular weight is 409 g/mol. The van der Waals surface area contributed by atoms with Crippen molar-refractivity contribution < 1.29 is 19.2 Å². The minimum Gasteiger partial charge on any atom is -0.440 e. The van der Waals surface area contributed by atoms with Crippen molar-refractivity contribution in [2.24, 2.45) is 5.84 Å². The molecule has 1 amide bonds. The van der Waals surface area contributed by atoms with E-state index in [0.717, 1.165) is 22.6 Å². The van der Waals surface area contributed by atoms with Crippen LogP contribution in [0.3, 0.4) is 0 Å². The first-order valence-electron chi connectivity index (χ1n) is 9.98. The van der Waals surface area contributed by atoms with Gasteiger partial charge in [-0.15, -0.1) is 0 Å². The molecule has 0 aliphatic heterocycles. The molecule has 2 unspecified atom stereocenters. The molecule has 2 aromatic carbocycles.